The maximum absolute atomic E-state index is 12.5. The minimum atomic E-state index is -0.0817. The van der Waals surface area contributed by atoms with Crippen LogP contribution in [0.2, 0.25) is 0 Å². The maximum Gasteiger partial charge on any atom is 0.186 e. The van der Waals surface area contributed by atoms with Gasteiger partial charge in [0, 0.05) is 30.6 Å². The Kier molecular flexibility index (Phi) is 7.07. The second kappa shape index (κ2) is 9.50. The molecule has 2 N–H and O–H groups in total. The van der Waals surface area contributed by atoms with E-state index in [9.17, 15) is 4.79 Å². The lowest BCUT2D eigenvalue weighted by atomic mass is 10.1. The van der Waals surface area contributed by atoms with Crippen LogP contribution >= 0.6 is 23.1 Å². The van der Waals surface area contributed by atoms with E-state index >= 15 is 0 Å². The smallest absolute Gasteiger partial charge is 0.186 e. The van der Waals surface area contributed by atoms with Crippen molar-refractivity contribution in [3.8, 4) is 0 Å². The number of benzene rings is 1. The van der Waals surface area contributed by atoms with Crippen LogP contribution in [-0.4, -0.2) is 49.1 Å². The van der Waals surface area contributed by atoms with E-state index < -0.39 is 0 Å². The van der Waals surface area contributed by atoms with E-state index in [0.717, 1.165) is 49.0 Å². The number of thioether (sulfide) groups is 1. The second-order valence-corrected chi connectivity index (χ2v) is 8.20. The van der Waals surface area contributed by atoms with Crippen molar-refractivity contribution in [1.82, 2.24) is 4.98 Å². The monoisotopic (exact) mass is 391 g/mol. The molecule has 5 nitrogen and oxygen atoms in total. The van der Waals surface area contributed by atoms with Crippen LogP contribution in [0.25, 0.3) is 0 Å². The highest BCUT2D eigenvalue weighted by molar-refractivity contribution is 7.98. The van der Waals surface area contributed by atoms with Gasteiger partial charge in [-0.1, -0.05) is 12.1 Å². The van der Waals surface area contributed by atoms with Crippen molar-refractivity contribution < 1.29 is 9.53 Å². The standard InChI is InChI=1S/C19H25N3O2S2/c1-25-11-6-16(20)19-21-17(13-26-19)18(23)12-14-2-4-15(5-3-14)22-7-9-24-10-8-22/h2-5,13,16H,6-12,20H2,1H3/t16-/m0/s1. The molecule has 3 rings (SSSR count). The topological polar surface area (TPSA) is 68.5 Å². The number of ether oxygens (including phenoxy) is 1. The van der Waals surface area contributed by atoms with Crippen LogP contribution in [0.15, 0.2) is 29.6 Å². The summed E-state index contributed by atoms with van der Waals surface area (Å²) in [4.78, 5) is 19.3. The zero-order chi connectivity index (χ0) is 18.4. The summed E-state index contributed by atoms with van der Waals surface area (Å²) in [5.74, 6) is 1.04. The van der Waals surface area contributed by atoms with Crippen LogP contribution in [0.5, 0.6) is 0 Å². The third-order valence-corrected chi connectivity index (χ3v) is 6.06. The number of anilines is 1. The van der Waals surface area contributed by atoms with Gasteiger partial charge in [0.25, 0.3) is 0 Å². The van der Waals surface area contributed by atoms with E-state index in [1.165, 1.54) is 17.0 Å². The van der Waals surface area contributed by atoms with Crippen molar-refractivity contribution in [3.05, 3.63) is 45.9 Å². The van der Waals surface area contributed by atoms with Crippen molar-refractivity contribution in [2.75, 3.05) is 43.2 Å². The number of thiazole rings is 1. The normalized spacial score (nSPS) is 15.8. The molecule has 0 amide bonds. The molecule has 1 aliphatic rings. The number of rotatable bonds is 8. The van der Waals surface area contributed by atoms with Gasteiger partial charge in [0.2, 0.25) is 0 Å². The Hall–Kier alpha value is -1.41. The molecule has 26 heavy (non-hydrogen) atoms. The van der Waals surface area contributed by atoms with Gasteiger partial charge in [-0.2, -0.15) is 11.8 Å². The number of nitrogens with two attached hydrogens (primary N) is 1. The van der Waals surface area contributed by atoms with Crippen molar-refractivity contribution in [1.29, 1.82) is 0 Å². The van der Waals surface area contributed by atoms with Gasteiger partial charge in [0.15, 0.2) is 5.78 Å². The van der Waals surface area contributed by atoms with Gasteiger partial charge in [-0.15, -0.1) is 11.3 Å². The molecule has 0 aliphatic carbocycles. The van der Waals surface area contributed by atoms with E-state index in [0.29, 0.717) is 12.1 Å². The zero-order valence-electron chi connectivity index (χ0n) is 15.0. The van der Waals surface area contributed by atoms with Crippen LogP contribution in [0.1, 0.15) is 33.5 Å². The number of nitrogens with zero attached hydrogens (tertiary/aromatic N) is 2. The Morgan fingerprint density at radius 3 is 2.77 bits per heavy atom. The first-order valence-corrected chi connectivity index (χ1v) is 11.1. The largest absolute Gasteiger partial charge is 0.378 e. The zero-order valence-corrected chi connectivity index (χ0v) is 16.7. The van der Waals surface area contributed by atoms with Crippen molar-refractivity contribution in [3.63, 3.8) is 0 Å². The molecule has 0 bridgehead atoms. The fourth-order valence-corrected chi connectivity index (χ4v) is 4.23. The highest BCUT2D eigenvalue weighted by Crippen LogP contribution is 2.22. The second-order valence-electron chi connectivity index (χ2n) is 6.32. The Balaban J connectivity index is 1.58. The molecular weight excluding hydrogens is 366 g/mol. The molecule has 1 aliphatic heterocycles. The minimum Gasteiger partial charge on any atom is -0.378 e. The number of carbonyl (C=O) groups excluding carboxylic acids is 1. The van der Waals surface area contributed by atoms with Crippen LogP contribution in [0.4, 0.5) is 5.69 Å². The number of aromatic nitrogens is 1. The van der Waals surface area contributed by atoms with Gasteiger partial charge < -0.3 is 15.4 Å². The molecule has 7 heteroatoms. The summed E-state index contributed by atoms with van der Waals surface area (Å²) in [6.07, 6.45) is 3.31. The lowest BCUT2D eigenvalue weighted by Gasteiger charge is -2.28. The highest BCUT2D eigenvalue weighted by Gasteiger charge is 2.16. The Labute approximate surface area is 162 Å². The predicted octanol–water partition coefficient (Wildman–Crippen LogP) is 3.16. The van der Waals surface area contributed by atoms with Crippen LogP contribution < -0.4 is 10.6 Å². The first-order chi connectivity index (χ1) is 12.7. The molecule has 2 heterocycles. The molecule has 1 saturated heterocycles. The third-order valence-electron chi connectivity index (χ3n) is 4.44. The van der Waals surface area contributed by atoms with Crippen molar-refractivity contribution in [2.24, 2.45) is 5.73 Å². The number of hydrogen-bond acceptors (Lipinski definition) is 7. The lowest BCUT2D eigenvalue weighted by molar-refractivity contribution is 0.0988. The van der Waals surface area contributed by atoms with E-state index in [4.69, 9.17) is 10.5 Å². The lowest BCUT2D eigenvalue weighted by Crippen LogP contribution is -2.36. The SMILES string of the molecule is CSCC[C@H](N)c1nc(C(=O)Cc2ccc(N3CCOCC3)cc2)cs1. The van der Waals surface area contributed by atoms with Crippen LogP contribution in [0.3, 0.4) is 0 Å². The van der Waals surface area contributed by atoms with Crippen LogP contribution in [0, 0.1) is 0 Å². The molecule has 2 aromatic rings. The van der Waals surface area contributed by atoms with Crippen molar-refractivity contribution in [2.45, 2.75) is 18.9 Å². The first-order valence-electron chi connectivity index (χ1n) is 8.82. The fraction of sp³-hybridized carbons (Fsp3) is 0.474. The Bertz CT molecular complexity index is 712. The molecule has 0 unspecified atom stereocenters. The average molecular weight is 392 g/mol. The molecular formula is C19H25N3O2S2. The fourth-order valence-electron chi connectivity index (χ4n) is 2.88. The van der Waals surface area contributed by atoms with Gasteiger partial charge >= 0.3 is 0 Å². The van der Waals surface area contributed by atoms with Gasteiger partial charge in [-0.05, 0) is 36.1 Å². The quantitative estimate of drug-likeness (QED) is 0.697. The Morgan fingerprint density at radius 1 is 1.35 bits per heavy atom. The van der Waals surface area contributed by atoms with Gasteiger partial charge in [0.05, 0.1) is 19.3 Å². The average Bonchev–Trinajstić information content (AvgIpc) is 3.18. The minimum absolute atomic E-state index is 0.0451. The highest BCUT2D eigenvalue weighted by atomic mass is 32.2. The van der Waals surface area contributed by atoms with Crippen molar-refractivity contribution >= 4 is 34.6 Å². The predicted molar refractivity (Wildman–Crippen MR) is 110 cm³/mol. The summed E-state index contributed by atoms with van der Waals surface area (Å²) < 4.78 is 5.38. The molecule has 1 aromatic heterocycles. The number of ketones is 1. The molecule has 1 atom stereocenters. The molecule has 1 aromatic carbocycles. The summed E-state index contributed by atoms with van der Waals surface area (Å²) in [6, 6.07) is 8.14. The van der Waals surface area contributed by atoms with Gasteiger partial charge in [-0.25, -0.2) is 4.98 Å². The van der Waals surface area contributed by atoms with Crippen LogP contribution in [-0.2, 0) is 11.2 Å². The summed E-state index contributed by atoms with van der Waals surface area (Å²) in [5.41, 5.74) is 8.86. The molecule has 140 valence electrons. The number of Topliss-reactive ketones (excluding diaryl/α,β-unsaturated/α-hetero) is 1. The number of hydrogen-bond donors (Lipinski definition) is 1. The molecule has 0 radical (unpaired) electrons. The van der Waals surface area contributed by atoms with E-state index in [2.05, 4.69) is 28.3 Å². The third kappa shape index (κ3) is 5.07. The van der Waals surface area contributed by atoms with Gasteiger partial charge in [0.1, 0.15) is 10.7 Å². The first kappa shape index (κ1) is 19.4. The summed E-state index contributed by atoms with van der Waals surface area (Å²) in [5, 5.41) is 2.68. The summed E-state index contributed by atoms with van der Waals surface area (Å²) in [7, 11) is 0. The van der Waals surface area contributed by atoms with E-state index in [1.54, 1.807) is 11.8 Å². The maximum atomic E-state index is 12.5. The number of morpholine rings is 1. The summed E-state index contributed by atoms with van der Waals surface area (Å²) in [6.45, 7) is 3.37. The molecule has 1 fully saturated rings. The molecule has 0 spiro atoms. The summed E-state index contributed by atoms with van der Waals surface area (Å²) >= 11 is 3.25. The molecule has 0 saturated carbocycles. The number of carbonyl (C=O) groups is 1. The van der Waals surface area contributed by atoms with E-state index in [1.807, 2.05) is 17.5 Å². The van der Waals surface area contributed by atoms with Gasteiger partial charge in [-0.3, -0.25) is 4.79 Å². The Morgan fingerprint density at radius 2 is 2.08 bits per heavy atom. The van der Waals surface area contributed by atoms with E-state index in [-0.39, 0.29) is 11.8 Å².